The number of aromatic nitrogens is 1. The van der Waals surface area contributed by atoms with Gasteiger partial charge >= 0.3 is 6.03 Å². The van der Waals surface area contributed by atoms with Gasteiger partial charge in [-0.25, -0.2) is 9.18 Å². The zero-order valence-corrected chi connectivity index (χ0v) is 19.4. The topological polar surface area (TPSA) is 63.5 Å². The first-order valence-electron chi connectivity index (χ1n) is 11.7. The molecule has 6 nitrogen and oxygen atoms in total. The second-order valence-electron chi connectivity index (χ2n) is 10.5. The van der Waals surface area contributed by atoms with E-state index in [0.717, 1.165) is 62.4 Å². The molecule has 2 aromatic rings. The van der Waals surface area contributed by atoms with Crippen LogP contribution in [0.25, 0.3) is 0 Å². The largest absolute Gasteiger partial charge is 0.324 e. The second-order valence-corrected chi connectivity index (χ2v) is 10.5. The fourth-order valence-electron chi connectivity index (χ4n) is 5.73. The van der Waals surface area contributed by atoms with Gasteiger partial charge in [-0.2, -0.15) is 5.26 Å². The molecule has 0 aliphatic carbocycles. The van der Waals surface area contributed by atoms with Crippen molar-refractivity contribution in [3.63, 3.8) is 0 Å². The van der Waals surface area contributed by atoms with Crippen LogP contribution in [-0.4, -0.2) is 53.5 Å². The lowest BCUT2D eigenvalue weighted by Gasteiger charge is -2.39. The number of likely N-dealkylation sites (tertiary alicyclic amines) is 2. The van der Waals surface area contributed by atoms with Gasteiger partial charge in [-0.1, -0.05) is 19.9 Å². The van der Waals surface area contributed by atoms with Gasteiger partial charge in [-0.3, -0.25) is 14.8 Å². The molecule has 0 N–H and O–H groups in total. The molecule has 1 aromatic heterocycles. The minimum Gasteiger partial charge on any atom is -0.324 e. The van der Waals surface area contributed by atoms with Crippen molar-refractivity contribution in [2.24, 2.45) is 5.41 Å². The van der Waals surface area contributed by atoms with Crippen molar-refractivity contribution in [3.8, 4) is 6.07 Å². The number of carbonyl (C=O) groups is 1. The van der Waals surface area contributed by atoms with Gasteiger partial charge in [0.15, 0.2) is 0 Å². The van der Waals surface area contributed by atoms with Gasteiger partial charge in [0.25, 0.3) is 0 Å². The Morgan fingerprint density at radius 3 is 2.64 bits per heavy atom. The number of rotatable bonds is 2. The highest BCUT2D eigenvalue weighted by Gasteiger charge is 2.46. The summed E-state index contributed by atoms with van der Waals surface area (Å²) in [6, 6.07) is 10.8. The number of piperidine rings is 1. The van der Waals surface area contributed by atoms with Gasteiger partial charge in [-0.05, 0) is 67.6 Å². The van der Waals surface area contributed by atoms with E-state index in [-0.39, 0.29) is 22.4 Å². The van der Waals surface area contributed by atoms with Crippen molar-refractivity contribution in [2.45, 2.75) is 45.1 Å². The fraction of sp³-hybridized carbons (Fsp3) is 0.500. The smallest absolute Gasteiger partial charge is 0.324 e. The summed E-state index contributed by atoms with van der Waals surface area (Å²) >= 11 is 0. The first kappa shape index (κ1) is 21.8. The molecule has 3 aliphatic rings. The maximum atomic E-state index is 13.9. The van der Waals surface area contributed by atoms with Crippen LogP contribution in [0.4, 0.5) is 14.9 Å². The predicted octanol–water partition coefficient (Wildman–Crippen LogP) is 4.30. The molecule has 4 heterocycles. The summed E-state index contributed by atoms with van der Waals surface area (Å²) in [5, 5.41) is 8.92. The Kier molecular flexibility index (Phi) is 5.37. The molecule has 33 heavy (non-hydrogen) atoms. The van der Waals surface area contributed by atoms with Crippen LogP contribution in [0.15, 0.2) is 36.5 Å². The van der Waals surface area contributed by atoms with Gasteiger partial charge in [-0.15, -0.1) is 0 Å². The lowest BCUT2D eigenvalue weighted by Crippen LogP contribution is -2.46. The summed E-state index contributed by atoms with van der Waals surface area (Å²) in [6.45, 7) is 9.12. The van der Waals surface area contributed by atoms with Crippen LogP contribution in [0.5, 0.6) is 0 Å². The summed E-state index contributed by atoms with van der Waals surface area (Å²) in [5.74, 6) is -0.449. The lowest BCUT2D eigenvalue weighted by molar-refractivity contribution is 0.105. The summed E-state index contributed by atoms with van der Waals surface area (Å²) in [5.41, 5.74) is 2.97. The molecular weight excluding hydrogens is 417 g/mol. The third kappa shape index (κ3) is 3.97. The van der Waals surface area contributed by atoms with E-state index in [4.69, 9.17) is 5.26 Å². The number of nitriles is 1. The van der Waals surface area contributed by atoms with Crippen LogP contribution in [0.3, 0.4) is 0 Å². The van der Waals surface area contributed by atoms with Crippen LogP contribution in [0, 0.1) is 22.6 Å². The molecule has 0 bridgehead atoms. The Morgan fingerprint density at radius 1 is 1.15 bits per heavy atom. The molecule has 0 saturated carbocycles. The number of amides is 2. The molecule has 0 atom stereocenters. The van der Waals surface area contributed by atoms with E-state index in [2.05, 4.69) is 23.7 Å². The fourth-order valence-corrected chi connectivity index (χ4v) is 5.73. The van der Waals surface area contributed by atoms with Crippen molar-refractivity contribution < 1.29 is 9.18 Å². The van der Waals surface area contributed by atoms with Crippen LogP contribution in [-0.2, 0) is 12.0 Å². The second kappa shape index (κ2) is 8.11. The average molecular weight is 448 g/mol. The third-order valence-corrected chi connectivity index (χ3v) is 7.69. The van der Waals surface area contributed by atoms with Crippen LogP contribution >= 0.6 is 0 Å². The molecule has 5 rings (SSSR count). The molecular formula is C26H30FN5O. The Morgan fingerprint density at radius 2 is 1.91 bits per heavy atom. The number of carbonyl (C=O) groups excluding carboxylic acids is 1. The Bertz CT molecular complexity index is 1120. The molecule has 3 aliphatic heterocycles. The molecule has 1 aromatic carbocycles. The molecule has 0 unspecified atom stereocenters. The van der Waals surface area contributed by atoms with Gasteiger partial charge in [0, 0.05) is 37.8 Å². The zero-order chi connectivity index (χ0) is 23.2. The molecule has 2 saturated heterocycles. The van der Waals surface area contributed by atoms with Gasteiger partial charge in [0.05, 0.1) is 16.9 Å². The number of anilines is 1. The van der Waals surface area contributed by atoms with Crippen LogP contribution in [0.1, 0.15) is 49.9 Å². The number of pyridine rings is 1. The van der Waals surface area contributed by atoms with Gasteiger partial charge < -0.3 is 4.90 Å². The van der Waals surface area contributed by atoms with Crippen molar-refractivity contribution in [2.75, 3.05) is 37.6 Å². The summed E-state index contributed by atoms with van der Waals surface area (Å²) < 4.78 is 13.9. The maximum Gasteiger partial charge on any atom is 0.324 e. The van der Waals surface area contributed by atoms with E-state index in [1.54, 1.807) is 12.3 Å². The van der Waals surface area contributed by atoms with E-state index < -0.39 is 5.82 Å². The normalized spacial score (nSPS) is 21.3. The first-order valence-corrected chi connectivity index (χ1v) is 11.7. The van der Waals surface area contributed by atoms with Crippen molar-refractivity contribution >= 4 is 11.7 Å². The molecule has 172 valence electrons. The Labute approximate surface area is 194 Å². The summed E-state index contributed by atoms with van der Waals surface area (Å²) in [4.78, 5) is 24.3. The van der Waals surface area contributed by atoms with Crippen LogP contribution in [0.2, 0.25) is 0 Å². The van der Waals surface area contributed by atoms with E-state index in [1.165, 1.54) is 6.07 Å². The third-order valence-electron chi connectivity index (χ3n) is 7.69. The van der Waals surface area contributed by atoms with Crippen LogP contribution < -0.4 is 4.90 Å². The minimum absolute atomic E-state index is 0.0897. The standard InChI is InChI=1S/C26H30FN5O/c1-25(2)17-32(22-4-3-10-29-23(22)25)24(33)31-13-9-26(18-31)7-11-30(12-8-26)16-19-5-6-20(15-28)21(27)14-19/h3-6,10,14H,7-9,11-13,16-18H2,1-2H3. The molecule has 2 amide bonds. The minimum atomic E-state index is -0.449. The zero-order valence-electron chi connectivity index (χ0n) is 19.4. The first-order chi connectivity index (χ1) is 15.8. The number of hydrogen-bond donors (Lipinski definition) is 0. The van der Waals surface area contributed by atoms with Crippen molar-refractivity contribution in [1.29, 1.82) is 5.26 Å². The van der Waals surface area contributed by atoms with E-state index in [9.17, 15) is 9.18 Å². The van der Waals surface area contributed by atoms with Gasteiger partial charge in [0.1, 0.15) is 11.9 Å². The van der Waals surface area contributed by atoms with E-state index in [1.807, 2.05) is 34.1 Å². The maximum absolute atomic E-state index is 13.9. The predicted molar refractivity (Wildman–Crippen MR) is 124 cm³/mol. The molecule has 7 heteroatoms. The van der Waals surface area contributed by atoms with E-state index >= 15 is 0 Å². The van der Waals surface area contributed by atoms with E-state index in [0.29, 0.717) is 13.1 Å². The highest BCUT2D eigenvalue weighted by molar-refractivity contribution is 5.94. The molecule has 2 fully saturated rings. The van der Waals surface area contributed by atoms with Crippen molar-refractivity contribution in [3.05, 3.63) is 59.2 Å². The Hall–Kier alpha value is -2.98. The molecule has 0 radical (unpaired) electrons. The number of hydrogen-bond acceptors (Lipinski definition) is 4. The number of nitrogens with zero attached hydrogens (tertiary/aromatic N) is 5. The number of halogens is 1. The highest BCUT2D eigenvalue weighted by Crippen LogP contribution is 2.43. The lowest BCUT2D eigenvalue weighted by atomic mass is 9.77. The summed E-state index contributed by atoms with van der Waals surface area (Å²) in [6.07, 6.45) is 4.92. The summed E-state index contributed by atoms with van der Waals surface area (Å²) in [7, 11) is 0. The molecule has 1 spiro atoms. The average Bonchev–Trinajstić information content (AvgIpc) is 3.34. The van der Waals surface area contributed by atoms with Gasteiger partial charge in [0.2, 0.25) is 0 Å². The Balaban J connectivity index is 1.20. The number of urea groups is 1. The monoisotopic (exact) mass is 447 g/mol. The number of benzene rings is 1. The van der Waals surface area contributed by atoms with Crippen molar-refractivity contribution in [1.82, 2.24) is 14.8 Å². The quantitative estimate of drug-likeness (QED) is 0.689. The number of fused-ring (bicyclic) bond motifs is 1. The highest BCUT2D eigenvalue weighted by atomic mass is 19.1. The SMILES string of the molecule is CC1(C)CN(C(=O)N2CCC3(CCN(Cc4ccc(C#N)c(F)c4)CC3)C2)c2cccnc21.